The number of esters is 2. The number of rotatable bonds is 39. The highest BCUT2D eigenvalue weighted by atomic mass is 31.2. The maximum Gasteiger partial charge on any atom is 0.472 e. The molecule has 0 aliphatic rings. The second kappa shape index (κ2) is 37.7. The Labute approximate surface area is 334 Å². The fourth-order valence-electron chi connectivity index (χ4n) is 5.77. The van der Waals surface area contributed by atoms with Gasteiger partial charge in [0.2, 0.25) is 0 Å². The Hall–Kier alpha value is -1.85. The highest BCUT2D eigenvalue weighted by Gasteiger charge is 2.27. The van der Waals surface area contributed by atoms with Gasteiger partial charge >= 0.3 is 19.8 Å². The molecule has 0 saturated carbocycles. The zero-order chi connectivity index (χ0) is 40.8. The van der Waals surface area contributed by atoms with Crippen LogP contribution in [0.5, 0.6) is 0 Å². The van der Waals surface area contributed by atoms with E-state index < -0.39 is 57.9 Å². The number of hydrogen-bond acceptors (Lipinski definition) is 10. The molecule has 0 aliphatic heterocycles. The van der Waals surface area contributed by atoms with Gasteiger partial charge in [0.25, 0.3) is 0 Å². The Morgan fingerprint density at radius 3 is 1.69 bits per heavy atom. The van der Waals surface area contributed by atoms with Crippen LogP contribution in [0.3, 0.4) is 0 Å². The lowest BCUT2D eigenvalue weighted by molar-refractivity contribution is -0.161. The van der Waals surface area contributed by atoms with Gasteiger partial charge in [-0.05, 0) is 38.0 Å². The number of phosphoric acid groups is 1. The van der Waals surface area contributed by atoms with E-state index in [1.165, 1.54) is 64.2 Å². The number of phosphoric ester groups is 1. The van der Waals surface area contributed by atoms with Crippen molar-refractivity contribution in [2.24, 2.45) is 5.92 Å². The van der Waals surface area contributed by atoms with Gasteiger partial charge in [-0.25, -0.2) is 4.57 Å². The predicted molar refractivity (Wildman–Crippen MR) is 220 cm³/mol. The molecule has 0 aliphatic carbocycles. The molecule has 55 heavy (non-hydrogen) atoms. The molecule has 0 aromatic rings. The Balaban J connectivity index is 4.37. The van der Waals surface area contributed by atoms with Crippen LogP contribution in [0.15, 0.2) is 36.5 Å². The van der Waals surface area contributed by atoms with E-state index in [-0.39, 0.29) is 19.4 Å². The molecule has 4 N–H and O–H groups in total. The quantitative estimate of drug-likeness (QED) is 0.0153. The van der Waals surface area contributed by atoms with Crippen molar-refractivity contribution in [1.29, 1.82) is 0 Å². The zero-order valence-electron chi connectivity index (χ0n) is 34.7. The zero-order valence-corrected chi connectivity index (χ0v) is 35.6. The number of carbonyl (C=O) groups is 2. The van der Waals surface area contributed by atoms with Gasteiger partial charge in [-0.3, -0.25) is 18.6 Å². The third-order valence-corrected chi connectivity index (χ3v) is 10.0. The number of allylic oxidation sites excluding steroid dienone is 5. The van der Waals surface area contributed by atoms with Crippen molar-refractivity contribution in [3.8, 4) is 0 Å². The van der Waals surface area contributed by atoms with Crippen LogP contribution in [0.2, 0.25) is 0 Å². The normalized spacial score (nSPS) is 14.9. The number of aliphatic hydroxyl groups excluding tert-OH is 3. The van der Waals surface area contributed by atoms with Crippen molar-refractivity contribution < 1.29 is 52.9 Å². The number of aliphatic hydroxyl groups is 3. The minimum atomic E-state index is -4.64. The van der Waals surface area contributed by atoms with E-state index in [1.807, 2.05) is 18.2 Å². The van der Waals surface area contributed by atoms with E-state index in [4.69, 9.17) is 19.1 Å². The van der Waals surface area contributed by atoms with Crippen LogP contribution in [0, 0.1) is 5.92 Å². The summed E-state index contributed by atoms with van der Waals surface area (Å²) in [5, 5.41) is 28.4. The first-order valence-corrected chi connectivity index (χ1v) is 22.9. The highest BCUT2D eigenvalue weighted by Crippen LogP contribution is 2.43. The summed E-state index contributed by atoms with van der Waals surface area (Å²) in [6, 6.07) is 0. The van der Waals surface area contributed by atoms with Crippen molar-refractivity contribution in [3.63, 3.8) is 0 Å². The van der Waals surface area contributed by atoms with Crippen LogP contribution >= 0.6 is 7.82 Å². The van der Waals surface area contributed by atoms with E-state index >= 15 is 0 Å². The Bertz CT molecular complexity index is 1050. The molecule has 0 heterocycles. The molecule has 0 saturated heterocycles. The lowest BCUT2D eigenvalue weighted by Gasteiger charge is -2.20. The van der Waals surface area contributed by atoms with E-state index in [9.17, 15) is 29.3 Å². The van der Waals surface area contributed by atoms with Crippen LogP contribution < -0.4 is 0 Å². The molecule has 4 atom stereocenters. The summed E-state index contributed by atoms with van der Waals surface area (Å²) in [6.45, 7) is 4.47. The first-order chi connectivity index (χ1) is 26.5. The lowest BCUT2D eigenvalue weighted by atomic mass is 10.0. The molecule has 0 fully saturated rings. The van der Waals surface area contributed by atoms with Crippen molar-refractivity contribution in [3.05, 3.63) is 36.5 Å². The summed E-state index contributed by atoms with van der Waals surface area (Å²) in [4.78, 5) is 35.0. The molecule has 11 nitrogen and oxygen atoms in total. The smallest absolute Gasteiger partial charge is 0.462 e. The van der Waals surface area contributed by atoms with E-state index in [0.717, 1.165) is 63.7 Å². The highest BCUT2D eigenvalue weighted by molar-refractivity contribution is 7.47. The summed E-state index contributed by atoms with van der Waals surface area (Å²) in [7, 11) is -4.64. The predicted octanol–water partition coefficient (Wildman–Crippen LogP) is 10.00. The fraction of sp³-hybridized carbons (Fsp3) is 0.814. The van der Waals surface area contributed by atoms with Crippen molar-refractivity contribution in [2.75, 3.05) is 26.4 Å². The number of ether oxygens (including phenoxy) is 2. The van der Waals surface area contributed by atoms with Crippen LogP contribution in [0.1, 0.15) is 175 Å². The summed E-state index contributed by atoms with van der Waals surface area (Å²) < 4.78 is 32.6. The van der Waals surface area contributed by atoms with E-state index in [1.54, 1.807) is 6.08 Å². The molecular weight excluding hydrogens is 723 g/mol. The Kier molecular flexibility index (Phi) is 36.4. The van der Waals surface area contributed by atoms with Gasteiger partial charge in [-0.15, -0.1) is 0 Å². The van der Waals surface area contributed by atoms with Gasteiger partial charge < -0.3 is 29.7 Å². The monoisotopic (exact) mass is 803 g/mol. The van der Waals surface area contributed by atoms with E-state index in [2.05, 4.69) is 37.4 Å². The third kappa shape index (κ3) is 38.8. The van der Waals surface area contributed by atoms with Crippen molar-refractivity contribution >= 4 is 19.8 Å². The summed E-state index contributed by atoms with van der Waals surface area (Å²) in [5.41, 5.74) is 0. The molecule has 0 spiro atoms. The van der Waals surface area contributed by atoms with Crippen molar-refractivity contribution in [1.82, 2.24) is 0 Å². The summed E-state index contributed by atoms with van der Waals surface area (Å²) >= 11 is 0. The largest absolute Gasteiger partial charge is 0.472 e. The van der Waals surface area contributed by atoms with Gasteiger partial charge in [0, 0.05) is 12.8 Å². The Morgan fingerprint density at radius 1 is 0.636 bits per heavy atom. The molecule has 0 amide bonds. The maximum absolute atomic E-state index is 12.6. The van der Waals surface area contributed by atoms with Gasteiger partial charge in [-0.1, -0.05) is 166 Å². The van der Waals surface area contributed by atoms with Gasteiger partial charge in [0.1, 0.15) is 12.7 Å². The van der Waals surface area contributed by atoms with Gasteiger partial charge in [0.15, 0.2) is 6.10 Å². The minimum Gasteiger partial charge on any atom is -0.462 e. The third-order valence-electron chi connectivity index (χ3n) is 9.09. The molecule has 0 bridgehead atoms. The lowest BCUT2D eigenvalue weighted by Crippen LogP contribution is -2.29. The van der Waals surface area contributed by atoms with Gasteiger partial charge in [-0.2, -0.15) is 0 Å². The van der Waals surface area contributed by atoms with Crippen LogP contribution in [-0.2, 0) is 32.7 Å². The molecule has 0 radical (unpaired) electrons. The fourth-order valence-corrected chi connectivity index (χ4v) is 6.56. The van der Waals surface area contributed by atoms with Gasteiger partial charge in [0.05, 0.1) is 25.9 Å². The number of carbonyl (C=O) groups excluding carboxylic acids is 2. The molecule has 0 rings (SSSR count). The van der Waals surface area contributed by atoms with Crippen LogP contribution in [-0.4, -0.2) is 76.9 Å². The first-order valence-electron chi connectivity index (χ1n) is 21.4. The van der Waals surface area contributed by atoms with Crippen LogP contribution in [0.4, 0.5) is 0 Å². The molecule has 12 heteroatoms. The van der Waals surface area contributed by atoms with E-state index in [0.29, 0.717) is 19.3 Å². The molecular formula is C43H79O11P. The second-order valence-corrected chi connectivity index (χ2v) is 16.5. The Morgan fingerprint density at radius 2 is 1.15 bits per heavy atom. The molecule has 0 aromatic carbocycles. The average molecular weight is 803 g/mol. The summed E-state index contributed by atoms with van der Waals surface area (Å²) in [6.07, 6.45) is 32.8. The van der Waals surface area contributed by atoms with Crippen molar-refractivity contribution in [2.45, 2.75) is 193 Å². The molecule has 2 unspecified atom stereocenters. The topological polar surface area (TPSA) is 169 Å². The standard InChI is InChI=1S/C43H79O11P/c1-4-5-6-7-15-20-25-30-39(45)31-26-21-18-23-27-32-42(47)51-36-41(37-53-55(49,50)52-35-40(46)34-44)54-43(48)33-28-22-17-14-12-10-8-9-11-13-16-19-24-29-38(2)3/h5-6,15,20,25,30,38-41,44-46H,4,7-14,16-19,21-24,26-29,31-37H2,1-3H3,(H,49,50)/b6-5+,20-15+,30-25+/t39?,40-,41+/m0/s1. The summed E-state index contributed by atoms with van der Waals surface area (Å²) in [5.74, 6) is -0.191. The number of hydrogen-bond donors (Lipinski definition) is 4. The minimum absolute atomic E-state index is 0.166. The number of unbranched alkanes of at least 4 members (excludes halogenated alkanes) is 16. The maximum atomic E-state index is 12.6. The molecule has 322 valence electrons. The SMILES string of the molecule is CC/C=C/C/C=C/C=C/C(O)CCCCCCCC(=O)OC[C@H](COP(=O)(O)OC[C@@H](O)CO)OC(=O)CCCCCCCCCCCCCCCC(C)C. The average Bonchev–Trinajstić information content (AvgIpc) is 3.15. The van der Waals surface area contributed by atoms with Crippen LogP contribution in [0.25, 0.3) is 0 Å². The first kappa shape index (κ1) is 53.1. The molecule has 0 aromatic heterocycles. The second-order valence-electron chi connectivity index (χ2n) is 15.0.